The number of nitrogens with one attached hydrogen (secondary N) is 1. The monoisotopic (exact) mass is 378 g/mol. The Kier molecular flexibility index (Phi) is 6.93. The molecule has 150 valence electrons. The van der Waals surface area contributed by atoms with Gasteiger partial charge in [0.05, 0.1) is 12.7 Å². The first-order valence-corrected chi connectivity index (χ1v) is 9.65. The average Bonchev–Trinajstić information content (AvgIpc) is 3.22. The molecule has 2 heterocycles. The van der Waals surface area contributed by atoms with Gasteiger partial charge in [-0.25, -0.2) is 4.79 Å². The standard InChI is InChI=1S/C20H30N2O5/c1-22(14-20(15-23)8-11-25-12-9-20)19(24)21-16-4-6-17(7-5-16)27-13-18-3-2-10-26-18/h4-7,18,23H,2-3,8-15H2,1H3,(H,21,24). The van der Waals surface area contributed by atoms with E-state index in [1.807, 2.05) is 24.3 Å². The van der Waals surface area contributed by atoms with Crippen molar-refractivity contribution in [2.24, 2.45) is 5.41 Å². The molecule has 0 spiro atoms. The number of urea groups is 1. The molecule has 1 aromatic rings. The molecule has 3 rings (SSSR count). The van der Waals surface area contributed by atoms with Gasteiger partial charge in [-0.2, -0.15) is 0 Å². The summed E-state index contributed by atoms with van der Waals surface area (Å²) < 4.78 is 16.7. The SMILES string of the molecule is CN(CC1(CO)CCOCC1)C(=O)Nc1ccc(OCC2CCCO2)cc1. The molecule has 0 saturated carbocycles. The van der Waals surface area contributed by atoms with Crippen molar-refractivity contribution >= 4 is 11.7 Å². The van der Waals surface area contributed by atoms with Crippen LogP contribution in [-0.4, -0.2) is 68.8 Å². The highest BCUT2D eigenvalue weighted by Gasteiger charge is 2.34. The van der Waals surface area contributed by atoms with Gasteiger partial charge < -0.3 is 29.5 Å². The Balaban J connectivity index is 1.47. The van der Waals surface area contributed by atoms with Crippen LogP contribution < -0.4 is 10.1 Å². The van der Waals surface area contributed by atoms with Gasteiger partial charge in [0.2, 0.25) is 0 Å². The number of carbonyl (C=O) groups excluding carboxylic acids is 1. The quantitative estimate of drug-likeness (QED) is 0.762. The number of amides is 2. The van der Waals surface area contributed by atoms with E-state index in [1.54, 1.807) is 11.9 Å². The van der Waals surface area contributed by atoms with Crippen LogP contribution in [0.2, 0.25) is 0 Å². The topological polar surface area (TPSA) is 80.3 Å². The van der Waals surface area contributed by atoms with E-state index < -0.39 is 0 Å². The summed E-state index contributed by atoms with van der Waals surface area (Å²) in [5.41, 5.74) is 0.436. The summed E-state index contributed by atoms with van der Waals surface area (Å²) in [6, 6.07) is 7.15. The first-order chi connectivity index (χ1) is 13.1. The van der Waals surface area contributed by atoms with E-state index in [0.29, 0.717) is 32.1 Å². The van der Waals surface area contributed by atoms with E-state index in [1.165, 1.54) is 0 Å². The van der Waals surface area contributed by atoms with Crippen LogP contribution in [0.1, 0.15) is 25.7 Å². The van der Waals surface area contributed by atoms with E-state index in [2.05, 4.69) is 5.32 Å². The molecule has 0 radical (unpaired) electrons. The lowest BCUT2D eigenvalue weighted by atomic mass is 9.80. The number of hydrogen-bond donors (Lipinski definition) is 2. The lowest BCUT2D eigenvalue weighted by Crippen LogP contribution is -2.45. The molecule has 0 aliphatic carbocycles. The van der Waals surface area contributed by atoms with Crippen LogP contribution in [0.5, 0.6) is 5.75 Å². The lowest BCUT2D eigenvalue weighted by molar-refractivity contribution is -0.0255. The van der Waals surface area contributed by atoms with Gasteiger partial charge in [-0.3, -0.25) is 0 Å². The van der Waals surface area contributed by atoms with Gasteiger partial charge in [0.1, 0.15) is 12.4 Å². The highest BCUT2D eigenvalue weighted by molar-refractivity contribution is 5.89. The summed E-state index contributed by atoms with van der Waals surface area (Å²) in [7, 11) is 1.75. The maximum atomic E-state index is 12.5. The van der Waals surface area contributed by atoms with Gasteiger partial charge in [0.15, 0.2) is 0 Å². The lowest BCUT2D eigenvalue weighted by Gasteiger charge is -2.38. The third kappa shape index (κ3) is 5.57. The fourth-order valence-electron chi connectivity index (χ4n) is 3.56. The fraction of sp³-hybridized carbons (Fsp3) is 0.650. The minimum absolute atomic E-state index is 0.0602. The largest absolute Gasteiger partial charge is 0.491 e. The second-order valence-corrected chi connectivity index (χ2v) is 7.53. The Morgan fingerprint density at radius 1 is 1.30 bits per heavy atom. The van der Waals surface area contributed by atoms with E-state index in [0.717, 1.165) is 38.0 Å². The predicted molar refractivity (Wildman–Crippen MR) is 102 cm³/mol. The first-order valence-electron chi connectivity index (χ1n) is 9.65. The van der Waals surface area contributed by atoms with Crippen molar-refractivity contribution in [1.29, 1.82) is 0 Å². The van der Waals surface area contributed by atoms with Crippen LogP contribution in [0.25, 0.3) is 0 Å². The number of ether oxygens (including phenoxy) is 3. The number of aliphatic hydroxyl groups is 1. The van der Waals surface area contributed by atoms with Crippen LogP contribution in [0.4, 0.5) is 10.5 Å². The van der Waals surface area contributed by atoms with Gasteiger partial charge >= 0.3 is 6.03 Å². The summed E-state index contributed by atoms with van der Waals surface area (Å²) in [5, 5.41) is 12.7. The number of anilines is 1. The first kappa shape index (κ1) is 19.9. The maximum absolute atomic E-state index is 12.5. The third-order valence-corrected chi connectivity index (χ3v) is 5.37. The second-order valence-electron chi connectivity index (χ2n) is 7.53. The van der Waals surface area contributed by atoms with Gasteiger partial charge in [-0.15, -0.1) is 0 Å². The number of nitrogens with zero attached hydrogens (tertiary/aromatic N) is 1. The van der Waals surface area contributed by atoms with E-state index in [9.17, 15) is 9.90 Å². The molecule has 1 unspecified atom stereocenters. The fourth-order valence-corrected chi connectivity index (χ4v) is 3.56. The Morgan fingerprint density at radius 3 is 2.67 bits per heavy atom. The number of carbonyl (C=O) groups is 1. The van der Waals surface area contributed by atoms with Crippen LogP contribution in [0.15, 0.2) is 24.3 Å². The highest BCUT2D eigenvalue weighted by Crippen LogP contribution is 2.31. The van der Waals surface area contributed by atoms with E-state index >= 15 is 0 Å². The van der Waals surface area contributed by atoms with Crippen molar-refractivity contribution in [3.63, 3.8) is 0 Å². The number of benzene rings is 1. The predicted octanol–water partition coefficient (Wildman–Crippen LogP) is 2.50. The van der Waals surface area contributed by atoms with E-state index in [4.69, 9.17) is 14.2 Å². The summed E-state index contributed by atoms with van der Waals surface area (Å²) in [6.07, 6.45) is 3.84. The number of aliphatic hydroxyl groups excluding tert-OH is 1. The summed E-state index contributed by atoms with van der Waals surface area (Å²) in [4.78, 5) is 14.1. The molecule has 2 aliphatic heterocycles. The molecular weight excluding hydrogens is 348 g/mol. The van der Waals surface area contributed by atoms with Gasteiger partial charge in [-0.1, -0.05) is 0 Å². The molecule has 1 aromatic carbocycles. The molecule has 7 nitrogen and oxygen atoms in total. The Hall–Kier alpha value is -1.83. The minimum Gasteiger partial charge on any atom is -0.491 e. The van der Waals surface area contributed by atoms with Crippen LogP contribution in [0, 0.1) is 5.41 Å². The Bertz CT molecular complexity index is 595. The molecule has 27 heavy (non-hydrogen) atoms. The maximum Gasteiger partial charge on any atom is 0.321 e. The Labute approximate surface area is 160 Å². The van der Waals surface area contributed by atoms with Gasteiger partial charge in [0, 0.05) is 44.5 Å². The van der Waals surface area contributed by atoms with Crippen molar-refractivity contribution in [1.82, 2.24) is 4.90 Å². The normalized spacial score (nSPS) is 21.6. The summed E-state index contributed by atoms with van der Waals surface area (Å²) >= 11 is 0. The number of rotatable bonds is 7. The van der Waals surface area contributed by atoms with Crippen molar-refractivity contribution in [2.75, 3.05) is 51.9 Å². The second kappa shape index (κ2) is 9.39. The van der Waals surface area contributed by atoms with Crippen LogP contribution in [0.3, 0.4) is 0 Å². The zero-order valence-electron chi connectivity index (χ0n) is 16.0. The Morgan fingerprint density at radius 2 is 2.04 bits per heavy atom. The zero-order valence-corrected chi connectivity index (χ0v) is 16.0. The van der Waals surface area contributed by atoms with Crippen molar-refractivity contribution < 1.29 is 24.1 Å². The van der Waals surface area contributed by atoms with Crippen molar-refractivity contribution in [3.8, 4) is 5.75 Å². The molecule has 2 aliphatic rings. The molecule has 2 amide bonds. The average molecular weight is 378 g/mol. The summed E-state index contributed by atoms with van der Waals surface area (Å²) in [6.45, 7) is 3.19. The number of hydrogen-bond acceptors (Lipinski definition) is 5. The minimum atomic E-state index is -0.273. The van der Waals surface area contributed by atoms with Gasteiger partial charge in [0.25, 0.3) is 0 Å². The molecule has 2 saturated heterocycles. The smallest absolute Gasteiger partial charge is 0.321 e. The van der Waals surface area contributed by atoms with Crippen molar-refractivity contribution in [3.05, 3.63) is 24.3 Å². The van der Waals surface area contributed by atoms with Crippen LogP contribution >= 0.6 is 0 Å². The van der Waals surface area contributed by atoms with Crippen molar-refractivity contribution in [2.45, 2.75) is 31.8 Å². The van der Waals surface area contributed by atoms with Crippen LogP contribution in [-0.2, 0) is 9.47 Å². The molecule has 2 N–H and O–H groups in total. The summed E-state index contributed by atoms with van der Waals surface area (Å²) in [5.74, 6) is 0.762. The molecule has 1 atom stereocenters. The molecular formula is C20H30N2O5. The van der Waals surface area contributed by atoms with E-state index in [-0.39, 0.29) is 24.2 Å². The molecule has 0 aromatic heterocycles. The molecule has 7 heteroatoms. The third-order valence-electron chi connectivity index (χ3n) is 5.37. The molecule has 0 bridgehead atoms. The zero-order chi connectivity index (χ0) is 19.1. The van der Waals surface area contributed by atoms with Gasteiger partial charge in [-0.05, 0) is 49.9 Å². The molecule has 2 fully saturated rings. The highest BCUT2D eigenvalue weighted by atomic mass is 16.5.